The molecule has 1 N–H and O–H groups in total. The zero-order valence-electron chi connectivity index (χ0n) is 12.6. The number of amides is 1. The molecule has 0 fully saturated rings. The number of carbonyl (C=O) groups excluding carboxylic acids is 1. The largest absolute Gasteiger partial charge is 0.348 e. The number of sulfonamides is 1. The molecular weight excluding hydrogens is 328 g/mol. The van der Waals surface area contributed by atoms with Crippen LogP contribution in [0.15, 0.2) is 52.6 Å². The average Bonchev–Trinajstić information content (AvgIpc) is 2.58. The highest BCUT2D eigenvalue weighted by Gasteiger charge is 2.24. The second-order valence-electron chi connectivity index (χ2n) is 5.34. The molecular formula is C16H14N4O3S. The summed E-state index contributed by atoms with van der Waals surface area (Å²) in [6.45, 7) is 0.571. The quantitative estimate of drug-likeness (QED) is 0.870. The fraction of sp³-hybridized carbons (Fsp3) is 0.188. The molecule has 0 atom stereocenters. The number of benzene rings is 1. The van der Waals surface area contributed by atoms with E-state index in [4.69, 9.17) is 5.26 Å². The van der Waals surface area contributed by atoms with Crippen molar-refractivity contribution >= 4 is 21.8 Å². The summed E-state index contributed by atoms with van der Waals surface area (Å²) in [5.74, 6) is -0.0305. The second kappa shape index (κ2) is 6.29. The molecule has 2 aliphatic rings. The molecule has 8 heteroatoms. The van der Waals surface area contributed by atoms with Crippen molar-refractivity contribution in [3.63, 3.8) is 0 Å². The van der Waals surface area contributed by atoms with E-state index in [0.717, 1.165) is 5.56 Å². The predicted octanol–water partition coefficient (Wildman–Crippen LogP) is 0.672. The molecule has 0 saturated carbocycles. The van der Waals surface area contributed by atoms with Gasteiger partial charge in [0.25, 0.3) is 15.9 Å². The molecule has 1 aromatic rings. The Morgan fingerprint density at radius 2 is 2.21 bits per heavy atom. The number of nitrogens with zero attached hydrogens (tertiary/aromatic N) is 3. The summed E-state index contributed by atoms with van der Waals surface area (Å²) < 4.78 is 26.6. The zero-order chi connectivity index (χ0) is 17.2. The van der Waals surface area contributed by atoms with Gasteiger partial charge in [-0.15, -0.1) is 4.40 Å². The minimum atomic E-state index is -3.40. The maximum Gasteiger partial charge on any atom is 0.256 e. The Labute approximate surface area is 139 Å². The summed E-state index contributed by atoms with van der Waals surface area (Å²) in [4.78, 5) is 13.9. The van der Waals surface area contributed by atoms with E-state index in [0.29, 0.717) is 23.5 Å². The van der Waals surface area contributed by atoms with Crippen LogP contribution in [-0.2, 0) is 21.4 Å². The van der Waals surface area contributed by atoms with Crippen LogP contribution in [0.2, 0.25) is 0 Å². The van der Waals surface area contributed by atoms with E-state index < -0.39 is 10.0 Å². The Hall–Kier alpha value is -2.92. The lowest BCUT2D eigenvalue weighted by atomic mass is 10.1. The van der Waals surface area contributed by atoms with Crippen molar-refractivity contribution in [3.8, 4) is 6.07 Å². The van der Waals surface area contributed by atoms with Gasteiger partial charge in [-0.05, 0) is 29.8 Å². The van der Waals surface area contributed by atoms with Gasteiger partial charge in [-0.25, -0.2) is 8.42 Å². The molecule has 2 heterocycles. The number of fused-ring (bicyclic) bond motifs is 1. The van der Waals surface area contributed by atoms with Crippen molar-refractivity contribution in [2.75, 3.05) is 12.3 Å². The highest BCUT2D eigenvalue weighted by molar-refractivity contribution is 7.90. The first-order valence-corrected chi connectivity index (χ1v) is 8.84. The molecule has 3 rings (SSSR count). The Morgan fingerprint density at radius 1 is 1.38 bits per heavy atom. The third-order valence-corrected chi connectivity index (χ3v) is 4.76. The molecule has 0 aliphatic carbocycles. The normalized spacial score (nSPS) is 18.0. The summed E-state index contributed by atoms with van der Waals surface area (Å²) in [5, 5.41) is 11.7. The third-order valence-electron chi connectivity index (χ3n) is 3.60. The minimum Gasteiger partial charge on any atom is -0.348 e. The van der Waals surface area contributed by atoms with Crippen LogP contribution in [0, 0.1) is 11.3 Å². The third kappa shape index (κ3) is 3.52. The number of amidine groups is 1. The smallest absolute Gasteiger partial charge is 0.256 e. The first kappa shape index (κ1) is 16.0. The minimum absolute atomic E-state index is 0.0727. The van der Waals surface area contributed by atoms with E-state index in [-0.39, 0.29) is 18.2 Å². The average molecular weight is 342 g/mol. The lowest BCUT2D eigenvalue weighted by Crippen LogP contribution is -2.38. The van der Waals surface area contributed by atoms with E-state index in [1.165, 1.54) is 12.2 Å². The first-order chi connectivity index (χ1) is 11.5. The SMILES string of the molecule is N#Cc1cccc(CNC(=O)C2=CN3CCS(=O)(=O)N=C3C=C2)c1. The maximum atomic E-state index is 12.2. The Balaban J connectivity index is 1.68. The lowest BCUT2D eigenvalue weighted by Gasteiger charge is -2.26. The lowest BCUT2D eigenvalue weighted by molar-refractivity contribution is -0.117. The maximum absolute atomic E-state index is 12.2. The molecule has 0 saturated heterocycles. The van der Waals surface area contributed by atoms with Crippen LogP contribution in [0.5, 0.6) is 0 Å². The molecule has 122 valence electrons. The van der Waals surface area contributed by atoms with Crippen molar-refractivity contribution in [2.24, 2.45) is 4.40 Å². The van der Waals surface area contributed by atoms with Crippen molar-refractivity contribution < 1.29 is 13.2 Å². The van der Waals surface area contributed by atoms with Gasteiger partial charge < -0.3 is 10.2 Å². The summed E-state index contributed by atoms with van der Waals surface area (Å²) in [5.41, 5.74) is 1.78. The van der Waals surface area contributed by atoms with E-state index in [9.17, 15) is 13.2 Å². The topological polar surface area (TPSA) is 103 Å². The number of rotatable bonds is 3. The van der Waals surface area contributed by atoms with E-state index in [2.05, 4.69) is 15.8 Å². The summed E-state index contributed by atoms with van der Waals surface area (Å²) in [6.07, 6.45) is 4.65. The highest BCUT2D eigenvalue weighted by Crippen LogP contribution is 2.16. The standard InChI is InChI=1S/C16H14N4O3S/c17-9-12-2-1-3-13(8-12)10-18-16(21)14-4-5-15-19-24(22,23)7-6-20(15)11-14/h1-5,8,11H,6-7,10H2,(H,18,21). The zero-order valence-corrected chi connectivity index (χ0v) is 13.5. The van der Waals surface area contributed by atoms with Crippen LogP contribution in [0.25, 0.3) is 0 Å². The number of carbonyl (C=O) groups is 1. The van der Waals surface area contributed by atoms with E-state index >= 15 is 0 Å². The van der Waals surface area contributed by atoms with Gasteiger partial charge in [0.15, 0.2) is 0 Å². The molecule has 2 aliphatic heterocycles. The van der Waals surface area contributed by atoms with Gasteiger partial charge in [0, 0.05) is 19.3 Å². The van der Waals surface area contributed by atoms with Gasteiger partial charge in [-0.2, -0.15) is 5.26 Å². The molecule has 1 amide bonds. The number of hydrogen-bond acceptors (Lipinski definition) is 5. The van der Waals surface area contributed by atoms with Crippen molar-refractivity contribution in [2.45, 2.75) is 6.54 Å². The Morgan fingerprint density at radius 3 is 3.00 bits per heavy atom. The molecule has 0 radical (unpaired) electrons. The van der Waals surface area contributed by atoms with E-state index in [1.807, 2.05) is 6.07 Å². The molecule has 0 unspecified atom stereocenters. The van der Waals surface area contributed by atoms with Crippen LogP contribution >= 0.6 is 0 Å². The van der Waals surface area contributed by atoms with Gasteiger partial charge in [0.05, 0.1) is 23.0 Å². The van der Waals surface area contributed by atoms with Crippen LogP contribution in [0.4, 0.5) is 0 Å². The Kier molecular flexibility index (Phi) is 4.18. The number of nitrogens with one attached hydrogen (secondary N) is 1. The Bertz CT molecular complexity index is 923. The van der Waals surface area contributed by atoms with Crippen molar-refractivity contribution in [3.05, 3.63) is 59.3 Å². The van der Waals surface area contributed by atoms with Crippen molar-refractivity contribution in [1.82, 2.24) is 10.2 Å². The number of hydrogen-bond donors (Lipinski definition) is 1. The van der Waals surface area contributed by atoms with Gasteiger partial charge >= 0.3 is 0 Å². The molecule has 1 aromatic carbocycles. The number of nitriles is 1. The molecule has 24 heavy (non-hydrogen) atoms. The first-order valence-electron chi connectivity index (χ1n) is 7.23. The van der Waals surface area contributed by atoms with Crippen LogP contribution in [-0.4, -0.2) is 37.4 Å². The molecule has 0 spiro atoms. The van der Waals surface area contributed by atoms with Gasteiger partial charge in [0.1, 0.15) is 5.84 Å². The second-order valence-corrected chi connectivity index (χ2v) is 7.10. The van der Waals surface area contributed by atoms with Gasteiger partial charge in [0.2, 0.25) is 0 Å². The summed E-state index contributed by atoms with van der Waals surface area (Å²) in [7, 11) is -3.40. The van der Waals surface area contributed by atoms with Crippen LogP contribution in [0.3, 0.4) is 0 Å². The summed E-state index contributed by atoms with van der Waals surface area (Å²) >= 11 is 0. The fourth-order valence-electron chi connectivity index (χ4n) is 2.37. The van der Waals surface area contributed by atoms with E-state index in [1.54, 1.807) is 29.3 Å². The molecule has 7 nitrogen and oxygen atoms in total. The van der Waals surface area contributed by atoms with Crippen LogP contribution < -0.4 is 5.32 Å². The van der Waals surface area contributed by atoms with Crippen molar-refractivity contribution in [1.29, 1.82) is 5.26 Å². The summed E-state index contributed by atoms with van der Waals surface area (Å²) in [6, 6.07) is 9.05. The van der Waals surface area contributed by atoms with Gasteiger partial charge in [-0.3, -0.25) is 4.79 Å². The predicted molar refractivity (Wildman–Crippen MR) is 88.2 cm³/mol. The highest BCUT2D eigenvalue weighted by atomic mass is 32.2. The molecule has 0 bridgehead atoms. The van der Waals surface area contributed by atoms with Gasteiger partial charge in [-0.1, -0.05) is 12.1 Å². The fourth-order valence-corrected chi connectivity index (χ4v) is 3.34. The molecule has 0 aromatic heterocycles. The monoisotopic (exact) mass is 342 g/mol. The van der Waals surface area contributed by atoms with Crippen LogP contribution in [0.1, 0.15) is 11.1 Å².